The molecule has 3 heterocycles. The van der Waals surface area contributed by atoms with Gasteiger partial charge in [-0.05, 0) is 51.0 Å². The number of nitrogens with one attached hydrogen (secondary N) is 1. The number of aromatic amines is 1. The molecule has 2 aromatic rings. The summed E-state index contributed by atoms with van der Waals surface area (Å²) in [6, 6.07) is 4.21. The molecular formula is C14H18N4OS. The molecule has 106 valence electrons. The van der Waals surface area contributed by atoms with Gasteiger partial charge in [-0.2, -0.15) is 5.10 Å². The lowest BCUT2D eigenvalue weighted by atomic mass is 9.93. The highest BCUT2D eigenvalue weighted by atomic mass is 32.1. The van der Waals surface area contributed by atoms with Crippen molar-refractivity contribution in [1.29, 1.82) is 0 Å². The first-order chi connectivity index (χ1) is 9.57. The monoisotopic (exact) mass is 290 g/mol. The Morgan fingerprint density at radius 1 is 1.50 bits per heavy atom. The minimum Gasteiger partial charge on any atom is -0.375 e. The second-order valence-corrected chi connectivity index (χ2v) is 6.11. The molecule has 5 nitrogen and oxygen atoms in total. The Hall–Kier alpha value is -1.53. The molecule has 1 atom stereocenters. The van der Waals surface area contributed by atoms with E-state index in [1.54, 1.807) is 6.20 Å². The van der Waals surface area contributed by atoms with Crippen LogP contribution in [0, 0.1) is 4.77 Å². The van der Waals surface area contributed by atoms with Gasteiger partial charge in [0, 0.05) is 30.6 Å². The van der Waals surface area contributed by atoms with Crippen molar-refractivity contribution in [1.82, 2.24) is 19.7 Å². The Kier molecular flexibility index (Phi) is 3.43. The first-order valence-electron chi connectivity index (χ1n) is 6.78. The fourth-order valence-corrected chi connectivity index (χ4v) is 3.04. The van der Waals surface area contributed by atoms with Crippen LogP contribution >= 0.6 is 12.2 Å². The summed E-state index contributed by atoms with van der Waals surface area (Å²) in [4.78, 5) is 4.16. The predicted molar refractivity (Wildman–Crippen MR) is 78.9 cm³/mol. The van der Waals surface area contributed by atoms with Crippen molar-refractivity contribution < 1.29 is 4.74 Å². The van der Waals surface area contributed by atoms with Gasteiger partial charge in [0.1, 0.15) is 0 Å². The van der Waals surface area contributed by atoms with Crippen LogP contribution in [0.25, 0.3) is 11.4 Å². The molecule has 1 aliphatic heterocycles. The summed E-state index contributed by atoms with van der Waals surface area (Å²) in [5.74, 6) is 0.853. The molecule has 0 aromatic carbocycles. The molecule has 20 heavy (non-hydrogen) atoms. The van der Waals surface area contributed by atoms with E-state index in [4.69, 9.17) is 17.0 Å². The Morgan fingerprint density at radius 2 is 2.35 bits per heavy atom. The first-order valence-corrected chi connectivity index (χ1v) is 7.19. The number of H-pyrrole nitrogens is 1. The van der Waals surface area contributed by atoms with Crippen molar-refractivity contribution in [3.05, 3.63) is 29.3 Å². The van der Waals surface area contributed by atoms with Gasteiger partial charge >= 0.3 is 0 Å². The highest BCUT2D eigenvalue weighted by Crippen LogP contribution is 2.34. The molecule has 0 radical (unpaired) electrons. The zero-order chi connectivity index (χ0) is 14.2. The van der Waals surface area contributed by atoms with Gasteiger partial charge < -0.3 is 4.74 Å². The quantitative estimate of drug-likeness (QED) is 0.863. The van der Waals surface area contributed by atoms with Crippen molar-refractivity contribution in [2.45, 2.75) is 38.3 Å². The van der Waals surface area contributed by atoms with Gasteiger partial charge in [-0.25, -0.2) is 0 Å². The molecule has 1 saturated heterocycles. The Labute approximate surface area is 123 Å². The molecule has 0 bridgehead atoms. The maximum absolute atomic E-state index is 5.79. The van der Waals surface area contributed by atoms with Crippen LogP contribution in [-0.2, 0) is 4.74 Å². The van der Waals surface area contributed by atoms with Gasteiger partial charge in [-0.15, -0.1) is 0 Å². The lowest BCUT2D eigenvalue weighted by Gasteiger charge is -2.36. The van der Waals surface area contributed by atoms with E-state index in [0.29, 0.717) is 10.8 Å². The van der Waals surface area contributed by atoms with Crippen molar-refractivity contribution >= 4 is 12.2 Å². The van der Waals surface area contributed by atoms with Crippen molar-refractivity contribution in [2.24, 2.45) is 0 Å². The average molecular weight is 290 g/mol. The third kappa shape index (κ3) is 2.53. The topological polar surface area (TPSA) is 55.7 Å². The van der Waals surface area contributed by atoms with E-state index >= 15 is 0 Å². The number of nitrogens with zero attached hydrogens (tertiary/aromatic N) is 3. The van der Waals surface area contributed by atoms with E-state index in [1.165, 1.54) is 0 Å². The summed E-state index contributed by atoms with van der Waals surface area (Å²) in [5, 5.41) is 7.28. The summed E-state index contributed by atoms with van der Waals surface area (Å²) < 4.78 is 8.56. The third-order valence-corrected chi connectivity index (χ3v) is 3.95. The zero-order valence-electron chi connectivity index (χ0n) is 11.7. The second kappa shape index (κ2) is 5.10. The lowest BCUT2D eigenvalue weighted by Crippen LogP contribution is -2.35. The maximum atomic E-state index is 5.79. The van der Waals surface area contributed by atoms with Crippen LogP contribution in [0.2, 0.25) is 0 Å². The van der Waals surface area contributed by atoms with Gasteiger partial charge in [0.25, 0.3) is 0 Å². The summed E-state index contributed by atoms with van der Waals surface area (Å²) >= 11 is 5.41. The number of rotatable bonds is 2. The molecule has 1 fully saturated rings. The van der Waals surface area contributed by atoms with Gasteiger partial charge in [0.2, 0.25) is 0 Å². The number of pyridine rings is 1. The summed E-state index contributed by atoms with van der Waals surface area (Å²) in [7, 11) is 0. The number of hydrogen-bond acceptors (Lipinski definition) is 4. The molecule has 0 spiro atoms. The van der Waals surface area contributed by atoms with Crippen molar-refractivity contribution in [3.8, 4) is 11.4 Å². The standard InChI is InChI=1S/C14H18N4OS/c1-14(2)8-11(5-7-19-14)18-12(16-17-13(18)20)10-4-3-6-15-9-10/h3-4,6,9,11H,5,7-8H2,1-2H3,(H,17,20). The normalized spacial score (nSPS) is 21.8. The SMILES string of the molecule is CC1(C)CC(n2c(-c3cccnc3)n[nH]c2=S)CCO1. The van der Waals surface area contributed by atoms with Gasteiger partial charge in [0.15, 0.2) is 10.6 Å². The second-order valence-electron chi connectivity index (χ2n) is 5.72. The van der Waals surface area contributed by atoms with E-state index in [1.807, 2.05) is 18.3 Å². The number of ether oxygens (including phenoxy) is 1. The highest BCUT2D eigenvalue weighted by molar-refractivity contribution is 7.71. The highest BCUT2D eigenvalue weighted by Gasteiger charge is 2.31. The van der Waals surface area contributed by atoms with Gasteiger partial charge in [-0.3, -0.25) is 14.6 Å². The van der Waals surface area contributed by atoms with E-state index in [2.05, 4.69) is 33.6 Å². The zero-order valence-corrected chi connectivity index (χ0v) is 12.5. The van der Waals surface area contributed by atoms with Crippen LogP contribution in [-0.4, -0.2) is 32.0 Å². The number of hydrogen-bond donors (Lipinski definition) is 1. The molecule has 6 heteroatoms. The van der Waals surface area contributed by atoms with Crippen LogP contribution in [0.15, 0.2) is 24.5 Å². The van der Waals surface area contributed by atoms with Crippen LogP contribution < -0.4 is 0 Å². The van der Waals surface area contributed by atoms with Crippen molar-refractivity contribution in [3.63, 3.8) is 0 Å². The fourth-order valence-electron chi connectivity index (χ4n) is 2.76. The Balaban J connectivity index is 2.02. The third-order valence-electron chi connectivity index (χ3n) is 3.66. The molecule has 0 amide bonds. The average Bonchev–Trinajstić information content (AvgIpc) is 2.80. The summed E-state index contributed by atoms with van der Waals surface area (Å²) in [6.45, 7) is 4.98. The molecule has 0 saturated carbocycles. The van der Waals surface area contributed by atoms with Crippen LogP contribution in [0.5, 0.6) is 0 Å². The van der Waals surface area contributed by atoms with Crippen LogP contribution in [0.3, 0.4) is 0 Å². The van der Waals surface area contributed by atoms with Crippen LogP contribution in [0.1, 0.15) is 32.7 Å². The van der Waals surface area contributed by atoms with E-state index in [-0.39, 0.29) is 5.60 Å². The minimum absolute atomic E-state index is 0.124. The van der Waals surface area contributed by atoms with Gasteiger partial charge in [-0.1, -0.05) is 0 Å². The molecule has 2 aromatic heterocycles. The first kappa shape index (κ1) is 13.5. The Bertz CT molecular complexity index is 647. The van der Waals surface area contributed by atoms with E-state index in [0.717, 1.165) is 30.8 Å². The largest absolute Gasteiger partial charge is 0.375 e. The molecule has 1 unspecified atom stereocenters. The Morgan fingerprint density at radius 3 is 3.05 bits per heavy atom. The minimum atomic E-state index is -0.124. The summed E-state index contributed by atoms with van der Waals surface area (Å²) in [5.41, 5.74) is 0.852. The molecular weight excluding hydrogens is 272 g/mol. The fraction of sp³-hybridized carbons (Fsp3) is 0.500. The predicted octanol–water partition coefficient (Wildman–Crippen LogP) is 3.13. The van der Waals surface area contributed by atoms with Crippen molar-refractivity contribution in [2.75, 3.05) is 6.61 Å². The van der Waals surface area contributed by atoms with Gasteiger partial charge in [0.05, 0.1) is 5.60 Å². The smallest absolute Gasteiger partial charge is 0.195 e. The molecule has 3 rings (SSSR count). The van der Waals surface area contributed by atoms with Crippen LogP contribution in [0.4, 0.5) is 0 Å². The summed E-state index contributed by atoms with van der Waals surface area (Å²) in [6.07, 6.45) is 5.44. The number of aromatic nitrogens is 4. The van der Waals surface area contributed by atoms with E-state index in [9.17, 15) is 0 Å². The lowest BCUT2D eigenvalue weighted by molar-refractivity contribution is -0.0690. The maximum Gasteiger partial charge on any atom is 0.195 e. The van der Waals surface area contributed by atoms with E-state index < -0.39 is 0 Å². The molecule has 1 aliphatic rings. The molecule has 1 N–H and O–H groups in total. The molecule has 0 aliphatic carbocycles.